The first-order valence-electron chi connectivity index (χ1n) is 13.3. The number of halogens is 1. The molecule has 0 bridgehead atoms. The molecule has 190 valence electrons. The molecule has 3 aromatic rings. The smallest absolute Gasteiger partial charge is 0.127 e. The van der Waals surface area contributed by atoms with Gasteiger partial charge in [-0.15, -0.1) is 0 Å². The molecule has 2 fully saturated rings. The van der Waals surface area contributed by atoms with Gasteiger partial charge in [0.15, 0.2) is 0 Å². The molecule has 4 nitrogen and oxygen atoms in total. The maximum atomic E-state index is 11.7. The van der Waals surface area contributed by atoms with Crippen molar-refractivity contribution >= 4 is 11.6 Å². The second kappa shape index (κ2) is 11.8. The summed E-state index contributed by atoms with van der Waals surface area (Å²) >= 11 is 6.35. The average Bonchev–Trinajstić information content (AvgIpc) is 2.90. The Hall–Kier alpha value is -2.37. The molecule has 1 unspecified atom stereocenters. The van der Waals surface area contributed by atoms with Gasteiger partial charge in [0.1, 0.15) is 11.5 Å². The van der Waals surface area contributed by atoms with Crippen LogP contribution < -0.4 is 4.74 Å². The van der Waals surface area contributed by atoms with E-state index in [-0.39, 0.29) is 5.92 Å². The minimum Gasteiger partial charge on any atom is -0.457 e. The van der Waals surface area contributed by atoms with Crippen LogP contribution in [0.2, 0.25) is 5.02 Å². The number of hydrogen-bond acceptors (Lipinski definition) is 4. The van der Waals surface area contributed by atoms with Crippen molar-refractivity contribution in [3.63, 3.8) is 0 Å². The lowest BCUT2D eigenvalue weighted by molar-refractivity contribution is -0.0344. The van der Waals surface area contributed by atoms with Crippen molar-refractivity contribution in [2.45, 2.75) is 50.2 Å². The highest BCUT2D eigenvalue weighted by Crippen LogP contribution is 2.41. The fraction of sp³-hybridized carbons (Fsp3) is 0.419. The van der Waals surface area contributed by atoms with Gasteiger partial charge in [-0.05, 0) is 60.4 Å². The second-order valence-corrected chi connectivity index (χ2v) is 10.8. The van der Waals surface area contributed by atoms with Crippen LogP contribution >= 0.6 is 11.6 Å². The molecule has 0 amide bonds. The first kappa shape index (κ1) is 25.3. The van der Waals surface area contributed by atoms with Crippen LogP contribution in [0.5, 0.6) is 11.5 Å². The quantitative estimate of drug-likeness (QED) is 0.369. The average molecular weight is 505 g/mol. The summed E-state index contributed by atoms with van der Waals surface area (Å²) in [6, 6.07) is 26.5. The number of hydrogen-bond donors (Lipinski definition) is 1. The fourth-order valence-electron chi connectivity index (χ4n) is 5.76. The summed E-state index contributed by atoms with van der Waals surface area (Å²) in [5.74, 6) is 1.82. The number of rotatable bonds is 8. The van der Waals surface area contributed by atoms with Crippen LogP contribution in [-0.2, 0) is 6.54 Å². The van der Waals surface area contributed by atoms with E-state index < -0.39 is 5.60 Å². The summed E-state index contributed by atoms with van der Waals surface area (Å²) in [6.07, 6.45) is 5.21. The van der Waals surface area contributed by atoms with E-state index in [1.54, 1.807) is 0 Å². The molecule has 2 aliphatic rings. The maximum Gasteiger partial charge on any atom is 0.127 e. The third-order valence-corrected chi connectivity index (χ3v) is 8.07. The van der Waals surface area contributed by atoms with Gasteiger partial charge < -0.3 is 14.7 Å². The molecule has 5 rings (SSSR count). The van der Waals surface area contributed by atoms with E-state index >= 15 is 0 Å². The van der Waals surface area contributed by atoms with E-state index in [0.717, 1.165) is 81.5 Å². The SMILES string of the molecule is OC1(C(CN2CCN(Cc3ccc(Oc4ccccc4)cc3)CC2)c2cccc(Cl)c2)CCCCC1. The minimum absolute atomic E-state index is 0.0974. The normalized spacial score (nSPS) is 19.6. The molecule has 1 N–H and O–H groups in total. The van der Waals surface area contributed by atoms with Gasteiger partial charge in [0.25, 0.3) is 0 Å². The fourth-order valence-corrected chi connectivity index (χ4v) is 5.95. The lowest BCUT2D eigenvalue weighted by Gasteiger charge is -2.43. The molecule has 1 saturated heterocycles. The topological polar surface area (TPSA) is 35.9 Å². The van der Waals surface area contributed by atoms with Gasteiger partial charge in [0.2, 0.25) is 0 Å². The third-order valence-electron chi connectivity index (χ3n) is 7.83. The maximum absolute atomic E-state index is 11.7. The standard InChI is InChI=1S/C31H37ClN2O2/c32-27-9-7-8-26(22-27)30(31(35)16-5-2-6-17-31)24-34-20-18-33(19-21-34)23-25-12-14-29(15-13-25)36-28-10-3-1-4-11-28/h1,3-4,7-15,22,30,35H,2,5-6,16-21,23-24H2. The van der Waals surface area contributed by atoms with Crippen molar-refractivity contribution in [2.75, 3.05) is 32.7 Å². The summed E-state index contributed by atoms with van der Waals surface area (Å²) in [5, 5.41) is 12.4. The predicted octanol–water partition coefficient (Wildman–Crippen LogP) is 6.73. The number of piperazine rings is 1. The molecule has 1 aliphatic carbocycles. The Morgan fingerprint density at radius 3 is 2.14 bits per heavy atom. The van der Waals surface area contributed by atoms with Crippen LogP contribution in [0.4, 0.5) is 0 Å². The van der Waals surface area contributed by atoms with Crippen molar-refractivity contribution < 1.29 is 9.84 Å². The van der Waals surface area contributed by atoms with Gasteiger partial charge in [-0.3, -0.25) is 4.90 Å². The first-order valence-corrected chi connectivity index (χ1v) is 13.7. The predicted molar refractivity (Wildman–Crippen MR) is 147 cm³/mol. The first-order chi connectivity index (χ1) is 17.6. The number of aliphatic hydroxyl groups is 1. The molecule has 1 atom stereocenters. The number of nitrogens with zero attached hydrogens (tertiary/aromatic N) is 2. The molecule has 5 heteroatoms. The third kappa shape index (κ3) is 6.49. The largest absolute Gasteiger partial charge is 0.457 e. The lowest BCUT2D eigenvalue weighted by atomic mass is 9.72. The Kier molecular flexibility index (Phi) is 8.28. The van der Waals surface area contributed by atoms with Crippen molar-refractivity contribution in [1.29, 1.82) is 0 Å². The molecule has 1 aliphatic heterocycles. The van der Waals surface area contributed by atoms with Gasteiger partial charge in [-0.2, -0.15) is 0 Å². The zero-order valence-electron chi connectivity index (χ0n) is 21.0. The Balaban J connectivity index is 1.17. The van der Waals surface area contributed by atoms with Crippen LogP contribution in [0.1, 0.15) is 49.1 Å². The van der Waals surface area contributed by atoms with E-state index in [2.05, 4.69) is 46.2 Å². The number of ether oxygens (including phenoxy) is 1. The van der Waals surface area contributed by atoms with E-state index in [9.17, 15) is 5.11 Å². The second-order valence-electron chi connectivity index (χ2n) is 10.4. The lowest BCUT2D eigenvalue weighted by Crippen LogP contribution is -2.50. The Labute approximate surface area is 220 Å². The number of para-hydroxylation sites is 1. The molecule has 0 aromatic heterocycles. The summed E-state index contributed by atoms with van der Waals surface area (Å²) in [5.41, 5.74) is 1.84. The molecular formula is C31H37ClN2O2. The highest BCUT2D eigenvalue weighted by atomic mass is 35.5. The van der Waals surface area contributed by atoms with Gasteiger partial charge in [0, 0.05) is 50.2 Å². The van der Waals surface area contributed by atoms with Crippen LogP contribution in [0.15, 0.2) is 78.9 Å². The molecule has 0 spiro atoms. The van der Waals surface area contributed by atoms with Crippen molar-refractivity contribution in [3.05, 3.63) is 95.0 Å². The molecule has 36 heavy (non-hydrogen) atoms. The van der Waals surface area contributed by atoms with Crippen LogP contribution in [0.3, 0.4) is 0 Å². The molecule has 0 radical (unpaired) electrons. The Morgan fingerprint density at radius 2 is 1.44 bits per heavy atom. The molecule has 1 saturated carbocycles. The van der Waals surface area contributed by atoms with E-state index in [0.29, 0.717) is 0 Å². The highest BCUT2D eigenvalue weighted by molar-refractivity contribution is 6.30. The monoisotopic (exact) mass is 504 g/mol. The molecule has 1 heterocycles. The van der Waals surface area contributed by atoms with Gasteiger partial charge in [-0.25, -0.2) is 0 Å². The Bertz CT molecular complexity index is 1090. The van der Waals surface area contributed by atoms with Crippen molar-refractivity contribution in [1.82, 2.24) is 9.80 Å². The van der Waals surface area contributed by atoms with Crippen LogP contribution in [0, 0.1) is 0 Å². The summed E-state index contributed by atoms with van der Waals surface area (Å²) in [6.45, 7) is 5.92. The van der Waals surface area contributed by atoms with E-state index in [4.69, 9.17) is 16.3 Å². The molecule has 3 aromatic carbocycles. The van der Waals surface area contributed by atoms with Gasteiger partial charge in [0.05, 0.1) is 5.60 Å². The minimum atomic E-state index is -0.635. The summed E-state index contributed by atoms with van der Waals surface area (Å²) < 4.78 is 5.93. The van der Waals surface area contributed by atoms with E-state index in [1.165, 1.54) is 17.5 Å². The number of benzene rings is 3. The van der Waals surface area contributed by atoms with Crippen molar-refractivity contribution in [2.24, 2.45) is 0 Å². The van der Waals surface area contributed by atoms with Crippen LogP contribution in [-0.4, -0.2) is 53.2 Å². The highest BCUT2D eigenvalue weighted by Gasteiger charge is 2.40. The summed E-state index contributed by atoms with van der Waals surface area (Å²) in [4.78, 5) is 5.05. The summed E-state index contributed by atoms with van der Waals surface area (Å²) in [7, 11) is 0. The van der Waals surface area contributed by atoms with Crippen LogP contribution in [0.25, 0.3) is 0 Å². The zero-order chi connectivity index (χ0) is 24.8. The zero-order valence-corrected chi connectivity index (χ0v) is 21.7. The van der Waals surface area contributed by atoms with Crippen molar-refractivity contribution in [3.8, 4) is 11.5 Å². The van der Waals surface area contributed by atoms with Gasteiger partial charge >= 0.3 is 0 Å². The van der Waals surface area contributed by atoms with E-state index in [1.807, 2.05) is 42.5 Å². The Morgan fingerprint density at radius 1 is 0.778 bits per heavy atom. The molecular weight excluding hydrogens is 468 g/mol. The van der Waals surface area contributed by atoms with Gasteiger partial charge in [-0.1, -0.05) is 73.3 Å².